The fourth-order valence-electron chi connectivity index (χ4n) is 2.61. The SMILES string of the molecule is Fc1ccc(COc2ccccc2-c2nc3ccccc3[nH]2)cc1. The number of aromatic amines is 1. The van der Waals surface area contributed by atoms with Crippen molar-refractivity contribution in [3.63, 3.8) is 0 Å². The molecule has 0 saturated heterocycles. The quantitative estimate of drug-likeness (QED) is 0.578. The number of rotatable bonds is 4. The molecule has 0 aliphatic heterocycles. The molecule has 0 amide bonds. The number of para-hydroxylation sites is 3. The number of H-pyrrole nitrogens is 1. The fourth-order valence-corrected chi connectivity index (χ4v) is 2.61. The van der Waals surface area contributed by atoms with Crippen LogP contribution in [0.4, 0.5) is 4.39 Å². The van der Waals surface area contributed by atoms with Gasteiger partial charge in [0.2, 0.25) is 0 Å². The second-order valence-corrected chi connectivity index (χ2v) is 5.51. The largest absolute Gasteiger partial charge is 0.488 e. The third-order valence-corrected chi connectivity index (χ3v) is 3.84. The third kappa shape index (κ3) is 2.86. The van der Waals surface area contributed by atoms with Crippen molar-refractivity contribution in [1.29, 1.82) is 0 Å². The maximum absolute atomic E-state index is 13.0. The van der Waals surface area contributed by atoms with E-state index in [-0.39, 0.29) is 5.82 Å². The number of aromatic nitrogens is 2. The Labute approximate surface area is 138 Å². The number of ether oxygens (including phenoxy) is 1. The molecule has 3 nitrogen and oxygen atoms in total. The molecule has 0 saturated carbocycles. The van der Waals surface area contributed by atoms with E-state index in [9.17, 15) is 4.39 Å². The molecule has 1 aromatic heterocycles. The lowest BCUT2D eigenvalue weighted by Gasteiger charge is -2.10. The second kappa shape index (κ2) is 6.16. The topological polar surface area (TPSA) is 37.9 Å². The summed E-state index contributed by atoms with van der Waals surface area (Å²) in [7, 11) is 0. The normalized spacial score (nSPS) is 10.9. The smallest absolute Gasteiger partial charge is 0.142 e. The van der Waals surface area contributed by atoms with E-state index in [1.165, 1.54) is 12.1 Å². The Hall–Kier alpha value is -3.14. The van der Waals surface area contributed by atoms with Crippen LogP contribution in [0.3, 0.4) is 0 Å². The van der Waals surface area contributed by atoms with Crippen LogP contribution in [-0.4, -0.2) is 9.97 Å². The lowest BCUT2D eigenvalue weighted by molar-refractivity contribution is 0.307. The Morgan fingerprint density at radius 1 is 0.875 bits per heavy atom. The van der Waals surface area contributed by atoms with Gasteiger partial charge in [-0.1, -0.05) is 36.4 Å². The Balaban J connectivity index is 1.63. The van der Waals surface area contributed by atoms with Crippen molar-refractivity contribution < 1.29 is 9.13 Å². The van der Waals surface area contributed by atoms with Gasteiger partial charge < -0.3 is 9.72 Å². The van der Waals surface area contributed by atoms with E-state index in [4.69, 9.17) is 4.74 Å². The van der Waals surface area contributed by atoms with Crippen molar-refractivity contribution >= 4 is 11.0 Å². The Bertz CT molecular complexity index is 943. The predicted octanol–water partition coefficient (Wildman–Crippen LogP) is 4.95. The maximum atomic E-state index is 13.0. The Kier molecular flexibility index (Phi) is 3.71. The van der Waals surface area contributed by atoms with Gasteiger partial charge in [-0.25, -0.2) is 9.37 Å². The van der Waals surface area contributed by atoms with E-state index in [0.29, 0.717) is 6.61 Å². The van der Waals surface area contributed by atoms with Crippen LogP contribution in [0.1, 0.15) is 5.56 Å². The van der Waals surface area contributed by atoms with Crippen molar-refractivity contribution in [2.75, 3.05) is 0 Å². The second-order valence-electron chi connectivity index (χ2n) is 5.51. The number of hydrogen-bond acceptors (Lipinski definition) is 2. The highest BCUT2D eigenvalue weighted by Gasteiger charge is 2.10. The summed E-state index contributed by atoms with van der Waals surface area (Å²) in [5.41, 5.74) is 3.72. The lowest BCUT2D eigenvalue weighted by Crippen LogP contribution is -1.97. The summed E-state index contributed by atoms with van der Waals surface area (Å²) in [6.07, 6.45) is 0. The molecule has 0 fully saturated rings. The van der Waals surface area contributed by atoms with E-state index in [0.717, 1.165) is 33.7 Å². The summed E-state index contributed by atoms with van der Waals surface area (Å²) in [6.45, 7) is 0.373. The molecule has 4 aromatic rings. The number of imidazole rings is 1. The van der Waals surface area contributed by atoms with Crippen LogP contribution in [0.15, 0.2) is 72.8 Å². The van der Waals surface area contributed by atoms with Gasteiger partial charge >= 0.3 is 0 Å². The third-order valence-electron chi connectivity index (χ3n) is 3.84. The zero-order chi connectivity index (χ0) is 16.4. The van der Waals surface area contributed by atoms with Crippen LogP contribution in [0.5, 0.6) is 5.75 Å². The monoisotopic (exact) mass is 318 g/mol. The first-order valence-corrected chi connectivity index (χ1v) is 7.71. The molecule has 3 aromatic carbocycles. The Morgan fingerprint density at radius 3 is 2.46 bits per heavy atom. The molecule has 118 valence electrons. The van der Waals surface area contributed by atoms with Crippen LogP contribution in [0.2, 0.25) is 0 Å². The van der Waals surface area contributed by atoms with Crippen LogP contribution < -0.4 is 4.74 Å². The van der Waals surface area contributed by atoms with Gasteiger partial charge in [0.1, 0.15) is 24.0 Å². The van der Waals surface area contributed by atoms with Crippen molar-refractivity contribution in [3.8, 4) is 17.1 Å². The Morgan fingerprint density at radius 2 is 1.62 bits per heavy atom. The van der Waals surface area contributed by atoms with E-state index >= 15 is 0 Å². The summed E-state index contributed by atoms with van der Waals surface area (Å²) in [5.74, 6) is 1.26. The molecule has 0 spiro atoms. The van der Waals surface area contributed by atoms with Crippen LogP contribution >= 0.6 is 0 Å². The highest BCUT2D eigenvalue weighted by molar-refractivity contribution is 5.80. The molecule has 0 aliphatic carbocycles. The first-order chi connectivity index (χ1) is 11.8. The first-order valence-electron chi connectivity index (χ1n) is 7.71. The minimum atomic E-state index is -0.249. The van der Waals surface area contributed by atoms with E-state index in [1.54, 1.807) is 12.1 Å². The highest BCUT2D eigenvalue weighted by Crippen LogP contribution is 2.29. The van der Waals surface area contributed by atoms with Crippen molar-refractivity contribution in [1.82, 2.24) is 9.97 Å². The number of nitrogens with zero attached hydrogens (tertiary/aromatic N) is 1. The molecule has 24 heavy (non-hydrogen) atoms. The molecular weight excluding hydrogens is 303 g/mol. The van der Waals surface area contributed by atoms with Crippen molar-refractivity contribution in [3.05, 3.63) is 84.2 Å². The zero-order valence-electron chi connectivity index (χ0n) is 12.9. The van der Waals surface area contributed by atoms with Crippen LogP contribution in [-0.2, 0) is 6.61 Å². The van der Waals surface area contributed by atoms with E-state index < -0.39 is 0 Å². The first kappa shape index (κ1) is 14.5. The molecule has 4 heteroatoms. The lowest BCUT2D eigenvalue weighted by atomic mass is 10.2. The number of hydrogen-bond donors (Lipinski definition) is 1. The number of nitrogens with one attached hydrogen (secondary N) is 1. The van der Waals surface area contributed by atoms with E-state index in [2.05, 4.69) is 9.97 Å². The molecule has 0 unspecified atom stereocenters. The molecular formula is C20H15FN2O. The average Bonchev–Trinajstić information content (AvgIpc) is 3.05. The van der Waals surface area contributed by atoms with Crippen molar-refractivity contribution in [2.24, 2.45) is 0 Å². The van der Waals surface area contributed by atoms with Gasteiger partial charge in [0.15, 0.2) is 0 Å². The van der Waals surface area contributed by atoms with Crippen LogP contribution in [0.25, 0.3) is 22.4 Å². The molecule has 0 atom stereocenters. The molecule has 1 N–H and O–H groups in total. The zero-order valence-corrected chi connectivity index (χ0v) is 12.9. The number of halogens is 1. The minimum Gasteiger partial charge on any atom is -0.488 e. The van der Waals surface area contributed by atoms with Gasteiger partial charge in [-0.15, -0.1) is 0 Å². The van der Waals surface area contributed by atoms with Crippen molar-refractivity contribution in [2.45, 2.75) is 6.61 Å². The summed E-state index contributed by atoms with van der Waals surface area (Å²) in [4.78, 5) is 7.94. The molecule has 0 radical (unpaired) electrons. The highest BCUT2D eigenvalue weighted by atomic mass is 19.1. The fraction of sp³-hybridized carbons (Fsp3) is 0.0500. The summed E-state index contributed by atoms with van der Waals surface area (Å²) in [5, 5.41) is 0. The molecule has 0 bridgehead atoms. The average molecular weight is 318 g/mol. The minimum absolute atomic E-state index is 0.249. The molecule has 1 heterocycles. The van der Waals surface area contributed by atoms with Gasteiger partial charge in [0, 0.05) is 0 Å². The predicted molar refractivity (Wildman–Crippen MR) is 92.3 cm³/mol. The molecule has 0 aliphatic rings. The van der Waals surface area contributed by atoms with Gasteiger partial charge in [0.05, 0.1) is 16.6 Å². The van der Waals surface area contributed by atoms with Gasteiger partial charge in [-0.3, -0.25) is 0 Å². The van der Waals surface area contributed by atoms with Gasteiger partial charge in [0.25, 0.3) is 0 Å². The van der Waals surface area contributed by atoms with E-state index in [1.807, 2.05) is 48.5 Å². The summed E-state index contributed by atoms with van der Waals surface area (Å²) >= 11 is 0. The number of benzene rings is 3. The summed E-state index contributed by atoms with van der Waals surface area (Å²) in [6, 6.07) is 22.0. The molecule has 4 rings (SSSR count). The van der Waals surface area contributed by atoms with Crippen LogP contribution in [0, 0.1) is 5.82 Å². The van der Waals surface area contributed by atoms with Gasteiger partial charge in [-0.2, -0.15) is 0 Å². The maximum Gasteiger partial charge on any atom is 0.142 e. The summed E-state index contributed by atoms with van der Waals surface area (Å²) < 4.78 is 18.9. The number of fused-ring (bicyclic) bond motifs is 1. The van der Waals surface area contributed by atoms with Gasteiger partial charge in [-0.05, 0) is 42.0 Å². The standard InChI is InChI=1S/C20H15FN2O/c21-15-11-9-14(10-12-15)13-24-19-8-4-1-5-16(19)20-22-17-6-2-3-7-18(17)23-20/h1-12H,13H2,(H,22,23).